The van der Waals surface area contributed by atoms with Gasteiger partial charge in [0.15, 0.2) is 11.9 Å². The maximum atomic E-state index is 13.1. The van der Waals surface area contributed by atoms with Gasteiger partial charge in [-0.2, -0.15) is 0 Å². The van der Waals surface area contributed by atoms with Crippen LogP contribution in [0.25, 0.3) is 0 Å². The predicted molar refractivity (Wildman–Crippen MR) is 114 cm³/mol. The van der Waals surface area contributed by atoms with E-state index in [1.54, 1.807) is 30.0 Å². The van der Waals surface area contributed by atoms with Crippen LogP contribution >= 0.6 is 0 Å². The monoisotopic (exact) mass is 406 g/mol. The van der Waals surface area contributed by atoms with Crippen molar-refractivity contribution in [1.82, 2.24) is 4.90 Å². The van der Waals surface area contributed by atoms with Gasteiger partial charge in [0, 0.05) is 25.1 Å². The van der Waals surface area contributed by atoms with Crippen LogP contribution in [0.15, 0.2) is 42.5 Å². The summed E-state index contributed by atoms with van der Waals surface area (Å²) in [4.78, 5) is 41.6. The first kappa shape index (κ1) is 20.1. The highest BCUT2D eigenvalue weighted by molar-refractivity contribution is 6.05. The number of carbonyl (C=O) groups excluding carboxylic acids is 3. The number of amides is 2. The fourth-order valence-corrected chi connectivity index (χ4v) is 4.06. The van der Waals surface area contributed by atoms with Gasteiger partial charge in [0.2, 0.25) is 5.91 Å². The summed E-state index contributed by atoms with van der Waals surface area (Å²) < 4.78 is 5.72. The molecule has 2 aliphatic heterocycles. The zero-order chi connectivity index (χ0) is 21.3. The molecule has 2 aliphatic rings. The van der Waals surface area contributed by atoms with Crippen LogP contribution in [0.1, 0.15) is 48.2 Å². The lowest BCUT2D eigenvalue weighted by molar-refractivity contribution is -0.133. The van der Waals surface area contributed by atoms with Crippen molar-refractivity contribution in [2.75, 3.05) is 18.0 Å². The molecule has 0 radical (unpaired) electrons. The fourth-order valence-electron chi connectivity index (χ4n) is 4.06. The Labute approximate surface area is 176 Å². The highest BCUT2D eigenvalue weighted by Gasteiger charge is 2.34. The number of hydrogen-bond donors (Lipinski definition) is 0. The zero-order valence-electron chi connectivity index (χ0n) is 17.4. The van der Waals surface area contributed by atoms with E-state index in [0.29, 0.717) is 36.5 Å². The number of anilines is 1. The van der Waals surface area contributed by atoms with Gasteiger partial charge >= 0.3 is 0 Å². The molecule has 0 spiro atoms. The van der Waals surface area contributed by atoms with Crippen molar-refractivity contribution in [2.24, 2.45) is 0 Å². The van der Waals surface area contributed by atoms with E-state index in [2.05, 4.69) is 6.07 Å². The molecule has 156 valence electrons. The van der Waals surface area contributed by atoms with E-state index < -0.39 is 6.10 Å². The second-order valence-corrected chi connectivity index (χ2v) is 7.87. The van der Waals surface area contributed by atoms with E-state index in [4.69, 9.17) is 4.74 Å². The Bertz CT molecular complexity index is 1000. The molecule has 2 aromatic carbocycles. The van der Waals surface area contributed by atoms with Crippen LogP contribution in [0.4, 0.5) is 5.69 Å². The Hall–Kier alpha value is -3.15. The van der Waals surface area contributed by atoms with Gasteiger partial charge in [-0.15, -0.1) is 0 Å². The van der Waals surface area contributed by atoms with E-state index in [0.717, 1.165) is 18.4 Å². The summed E-state index contributed by atoms with van der Waals surface area (Å²) in [5.41, 5.74) is 3.44. The number of rotatable bonds is 5. The largest absolute Gasteiger partial charge is 0.479 e. The Morgan fingerprint density at radius 1 is 1.13 bits per heavy atom. The SMILES string of the molecule is CCCC(=O)c1ccc2c(c1)N(CC(=O)N1CCc3ccccc3C1)C(=O)C(C)O2. The van der Waals surface area contributed by atoms with Gasteiger partial charge in [0.1, 0.15) is 12.3 Å². The van der Waals surface area contributed by atoms with E-state index in [1.165, 1.54) is 10.5 Å². The number of Topliss-reactive ketones (excluding diaryl/α,β-unsaturated/α-hetero) is 1. The molecule has 0 N–H and O–H groups in total. The van der Waals surface area contributed by atoms with Crippen LogP contribution < -0.4 is 9.64 Å². The number of hydrogen-bond acceptors (Lipinski definition) is 4. The van der Waals surface area contributed by atoms with Gasteiger partial charge in [-0.25, -0.2) is 0 Å². The molecular formula is C24H26N2O4. The summed E-state index contributed by atoms with van der Waals surface area (Å²) >= 11 is 0. The molecule has 0 aliphatic carbocycles. The average Bonchev–Trinajstić information content (AvgIpc) is 2.76. The van der Waals surface area contributed by atoms with Crippen molar-refractivity contribution in [1.29, 1.82) is 0 Å². The van der Waals surface area contributed by atoms with Crippen molar-refractivity contribution in [3.8, 4) is 5.75 Å². The van der Waals surface area contributed by atoms with Crippen LogP contribution in [-0.4, -0.2) is 41.7 Å². The van der Waals surface area contributed by atoms with Crippen molar-refractivity contribution < 1.29 is 19.1 Å². The molecular weight excluding hydrogens is 380 g/mol. The molecule has 0 aromatic heterocycles. The molecule has 0 saturated heterocycles. The molecule has 30 heavy (non-hydrogen) atoms. The Balaban J connectivity index is 1.58. The van der Waals surface area contributed by atoms with Crippen LogP contribution in [0.5, 0.6) is 5.75 Å². The molecule has 0 fully saturated rings. The van der Waals surface area contributed by atoms with Gasteiger partial charge in [-0.1, -0.05) is 31.2 Å². The second kappa shape index (κ2) is 8.30. The third kappa shape index (κ3) is 3.82. The topological polar surface area (TPSA) is 66.9 Å². The first-order valence-corrected chi connectivity index (χ1v) is 10.5. The van der Waals surface area contributed by atoms with E-state index in [1.807, 2.05) is 25.1 Å². The summed E-state index contributed by atoms with van der Waals surface area (Å²) in [6, 6.07) is 13.2. The number of carbonyl (C=O) groups is 3. The minimum atomic E-state index is -0.676. The fraction of sp³-hybridized carbons (Fsp3) is 0.375. The summed E-state index contributed by atoms with van der Waals surface area (Å²) in [6.45, 7) is 4.74. The van der Waals surface area contributed by atoms with Crippen LogP contribution in [0.3, 0.4) is 0 Å². The third-order valence-electron chi connectivity index (χ3n) is 5.74. The van der Waals surface area contributed by atoms with Crippen LogP contribution in [0, 0.1) is 0 Å². The smallest absolute Gasteiger partial charge is 0.268 e. The minimum absolute atomic E-state index is 0.0188. The van der Waals surface area contributed by atoms with E-state index >= 15 is 0 Å². The lowest BCUT2D eigenvalue weighted by Gasteiger charge is -2.35. The van der Waals surface area contributed by atoms with Crippen molar-refractivity contribution in [3.05, 3.63) is 59.2 Å². The Morgan fingerprint density at radius 3 is 2.67 bits per heavy atom. The standard InChI is InChI=1S/C24H26N2O4/c1-3-6-21(27)18-9-10-22-20(13-18)26(24(29)16(2)30-22)15-23(28)25-12-11-17-7-4-5-8-19(17)14-25/h4-5,7-10,13,16H,3,6,11-12,14-15H2,1-2H3. The molecule has 6 nitrogen and oxygen atoms in total. The average molecular weight is 406 g/mol. The Kier molecular flexibility index (Phi) is 5.57. The zero-order valence-corrected chi connectivity index (χ0v) is 17.4. The van der Waals surface area contributed by atoms with Crippen molar-refractivity contribution in [2.45, 2.75) is 45.8 Å². The molecule has 4 rings (SSSR count). The summed E-state index contributed by atoms with van der Waals surface area (Å²) in [5, 5.41) is 0. The number of benzene rings is 2. The van der Waals surface area contributed by atoms with Gasteiger partial charge in [0.05, 0.1) is 5.69 Å². The molecule has 6 heteroatoms. The molecule has 1 unspecified atom stereocenters. The van der Waals surface area contributed by atoms with E-state index in [-0.39, 0.29) is 24.1 Å². The summed E-state index contributed by atoms with van der Waals surface area (Å²) in [7, 11) is 0. The van der Waals surface area contributed by atoms with Gasteiger partial charge in [-0.3, -0.25) is 19.3 Å². The summed E-state index contributed by atoms with van der Waals surface area (Å²) in [5.74, 6) is 0.161. The number of ether oxygens (including phenoxy) is 1. The first-order valence-electron chi connectivity index (χ1n) is 10.5. The molecule has 1 atom stereocenters. The van der Waals surface area contributed by atoms with Crippen LogP contribution in [0.2, 0.25) is 0 Å². The molecule has 2 amide bonds. The lowest BCUT2D eigenvalue weighted by Crippen LogP contribution is -2.50. The predicted octanol–water partition coefficient (Wildman–Crippen LogP) is 3.37. The lowest BCUT2D eigenvalue weighted by atomic mass is 10.00. The quantitative estimate of drug-likeness (QED) is 0.714. The third-order valence-corrected chi connectivity index (χ3v) is 5.74. The van der Waals surface area contributed by atoms with E-state index in [9.17, 15) is 14.4 Å². The first-order chi connectivity index (χ1) is 14.5. The molecule has 2 aromatic rings. The normalized spacial score (nSPS) is 17.8. The molecule has 2 heterocycles. The highest BCUT2D eigenvalue weighted by atomic mass is 16.5. The van der Waals surface area contributed by atoms with Crippen LogP contribution in [-0.2, 0) is 22.6 Å². The molecule has 0 bridgehead atoms. The van der Waals surface area contributed by atoms with Gasteiger partial charge < -0.3 is 9.64 Å². The van der Waals surface area contributed by atoms with Crippen molar-refractivity contribution >= 4 is 23.3 Å². The highest BCUT2D eigenvalue weighted by Crippen LogP contribution is 2.35. The van der Waals surface area contributed by atoms with Gasteiger partial charge in [0.25, 0.3) is 5.91 Å². The number of fused-ring (bicyclic) bond motifs is 2. The maximum Gasteiger partial charge on any atom is 0.268 e. The van der Waals surface area contributed by atoms with Crippen molar-refractivity contribution in [3.63, 3.8) is 0 Å². The second-order valence-electron chi connectivity index (χ2n) is 7.87. The number of ketones is 1. The Morgan fingerprint density at radius 2 is 1.90 bits per heavy atom. The van der Waals surface area contributed by atoms with Gasteiger partial charge in [-0.05, 0) is 49.1 Å². The number of nitrogens with zero attached hydrogens (tertiary/aromatic N) is 2. The maximum absolute atomic E-state index is 13.1. The minimum Gasteiger partial charge on any atom is -0.479 e. The summed E-state index contributed by atoms with van der Waals surface area (Å²) in [6.07, 6.45) is 1.32. The molecule has 0 saturated carbocycles.